The first-order chi connectivity index (χ1) is 12.5. The molecule has 140 valence electrons. The highest BCUT2D eigenvalue weighted by molar-refractivity contribution is 5.91. The van der Waals surface area contributed by atoms with Crippen LogP contribution in [0.25, 0.3) is 0 Å². The molecule has 1 saturated heterocycles. The van der Waals surface area contributed by atoms with Crippen LogP contribution in [0.5, 0.6) is 0 Å². The zero-order valence-electron chi connectivity index (χ0n) is 15.2. The van der Waals surface area contributed by atoms with Crippen molar-refractivity contribution in [2.45, 2.75) is 50.6 Å². The van der Waals surface area contributed by atoms with E-state index in [4.69, 9.17) is 4.42 Å². The predicted octanol–water partition coefficient (Wildman–Crippen LogP) is 1.77. The van der Waals surface area contributed by atoms with Gasteiger partial charge in [0.2, 0.25) is 5.91 Å². The van der Waals surface area contributed by atoms with Crippen molar-refractivity contribution in [3.05, 3.63) is 24.2 Å². The summed E-state index contributed by atoms with van der Waals surface area (Å²) >= 11 is 0. The van der Waals surface area contributed by atoms with Gasteiger partial charge in [-0.3, -0.25) is 14.5 Å². The first-order valence-corrected chi connectivity index (χ1v) is 9.35. The molecular formula is C19H26N4O3. The summed E-state index contributed by atoms with van der Waals surface area (Å²) < 4.78 is 5.17. The average Bonchev–Trinajstić information content (AvgIpc) is 3.22. The minimum absolute atomic E-state index is 0.0979. The number of carbonyl (C=O) groups excluding carboxylic acids is 2. The molecule has 1 atom stereocenters. The Balaban J connectivity index is 1.53. The number of nitriles is 1. The standard InChI is InChI=1S/C19H26N4O3/c1-15(17(24)21-19(14-20)7-3-2-4-8-19)22-9-11-23(12-10-22)18(25)16-6-5-13-26-16/h5-6,13,15H,2-4,7-12H2,1H3,(H,21,24). The molecule has 3 rings (SSSR count). The van der Waals surface area contributed by atoms with Gasteiger partial charge in [0.05, 0.1) is 18.4 Å². The highest BCUT2D eigenvalue weighted by Crippen LogP contribution is 2.27. The van der Waals surface area contributed by atoms with E-state index in [1.165, 1.54) is 6.26 Å². The second-order valence-electron chi connectivity index (χ2n) is 7.23. The number of hydrogen-bond donors (Lipinski definition) is 1. The van der Waals surface area contributed by atoms with Gasteiger partial charge in [-0.2, -0.15) is 5.26 Å². The molecule has 1 aliphatic carbocycles. The van der Waals surface area contributed by atoms with Crippen molar-refractivity contribution >= 4 is 11.8 Å². The number of hydrogen-bond acceptors (Lipinski definition) is 5. The summed E-state index contributed by atoms with van der Waals surface area (Å²) in [6, 6.07) is 5.38. The molecule has 26 heavy (non-hydrogen) atoms. The Morgan fingerprint density at radius 3 is 2.50 bits per heavy atom. The third-order valence-electron chi connectivity index (χ3n) is 5.54. The summed E-state index contributed by atoms with van der Waals surface area (Å²) in [6.07, 6.45) is 6.04. The third-order valence-corrected chi connectivity index (χ3v) is 5.54. The summed E-state index contributed by atoms with van der Waals surface area (Å²) in [4.78, 5) is 28.8. The predicted molar refractivity (Wildman–Crippen MR) is 95.2 cm³/mol. The molecule has 1 aromatic heterocycles. The largest absolute Gasteiger partial charge is 0.459 e. The minimum atomic E-state index is -0.708. The molecule has 2 aliphatic rings. The Morgan fingerprint density at radius 1 is 1.23 bits per heavy atom. The lowest BCUT2D eigenvalue weighted by molar-refractivity contribution is -0.128. The summed E-state index contributed by atoms with van der Waals surface area (Å²) in [6.45, 7) is 4.23. The first-order valence-electron chi connectivity index (χ1n) is 9.35. The number of piperazine rings is 1. The summed E-state index contributed by atoms with van der Waals surface area (Å²) in [5.41, 5.74) is -0.708. The molecule has 1 aromatic rings. The Bertz CT molecular complexity index is 665. The van der Waals surface area contributed by atoms with Crippen LogP contribution < -0.4 is 5.32 Å². The topological polar surface area (TPSA) is 89.6 Å². The molecule has 2 heterocycles. The number of carbonyl (C=O) groups is 2. The van der Waals surface area contributed by atoms with Crippen molar-refractivity contribution in [2.24, 2.45) is 0 Å². The second kappa shape index (κ2) is 7.92. The van der Waals surface area contributed by atoms with Gasteiger partial charge < -0.3 is 14.6 Å². The fourth-order valence-corrected chi connectivity index (χ4v) is 3.79. The molecule has 1 aliphatic heterocycles. The molecule has 1 N–H and O–H groups in total. The summed E-state index contributed by atoms with van der Waals surface area (Å²) in [5, 5.41) is 12.5. The van der Waals surface area contributed by atoms with Gasteiger partial charge in [0.25, 0.3) is 5.91 Å². The van der Waals surface area contributed by atoms with E-state index < -0.39 is 5.54 Å². The molecular weight excluding hydrogens is 332 g/mol. The van der Waals surface area contributed by atoms with Crippen LogP contribution >= 0.6 is 0 Å². The lowest BCUT2D eigenvalue weighted by Crippen LogP contribution is -2.58. The van der Waals surface area contributed by atoms with Gasteiger partial charge >= 0.3 is 0 Å². The van der Waals surface area contributed by atoms with Gasteiger partial charge in [-0.25, -0.2) is 0 Å². The van der Waals surface area contributed by atoms with Crippen LogP contribution in [-0.2, 0) is 4.79 Å². The third kappa shape index (κ3) is 3.91. The fraction of sp³-hybridized carbons (Fsp3) is 0.632. The Hall–Kier alpha value is -2.33. The number of furan rings is 1. The normalized spacial score (nSPS) is 21.6. The molecule has 2 fully saturated rings. The van der Waals surface area contributed by atoms with E-state index in [0.717, 1.165) is 32.1 Å². The van der Waals surface area contributed by atoms with Gasteiger partial charge in [-0.05, 0) is 31.9 Å². The van der Waals surface area contributed by atoms with Crippen molar-refractivity contribution in [2.75, 3.05) is 26.2 Å². The zero-order valence-corrected chi connectivity index (χ0v) is 15.2. The van der Waals surface area contributed by atoms with E-state index in [9.17, 15) is 14.9 Å². The molecule has 0 aromatic carbocycles. The van der Waals surface area contributed by atoms with Crippen LogP contribution in [0, 0.1) is 11.3 Å². The second-order valence-corrected chi connectivity index (χ2v) is 7.23. The van der Waals surface area contributed by atoms with E-state index in [1.54, 1.807) is 17.0 Å². The Labute approximate surface area is 153 Å². The monoisotopic (exact) mass is 358 g/mol. The number of amides is 2. The van der Waals surface area contributed by atoms with Gasteiger partial charge in [-0.15, -0.1) is 0 Å². The molecule has 2 amide bonds. The molecule has 7 heteroatoms. The molecule has 1 unspecified atom stereocenters. The van der Waals surface area contributed by atoms with Crippen molar-refractivity contribution < 1.29 is 14.0 Å². The van der Waals surface area contributed by atoms with E-state index in [2.05, 4.69) is 16.3 Å². The fourth-order valence-electron chi connectivity index (χ4n) is 3.79. The maximum Gasteiger partial charge on any atom is 0.289 e. The van der Waals surface area contributed by atoms with Crippen LogP contribution in [0.3, 0.4) is 0 Å². The summed E-state index contributed by atoms with van der Waals surface area (Å²) in [5.74, 6) is 0.133. The molecule has 0 bridgehead atoms. The van der Waals surface area contributed by atoms with Crippen LogP contribution in [0.2, 0.25) is 0 Å². The lowest BCUT2D eigenvalue weighted by Gasteiger charge is -2.39. The maximum absolute atomic E-state index is 12.7. The average molecular weight is 358 g/mol. The van der Waals surface area contributed by atoms with E-state index in [-0.39, 0.29) is 17.9 Å². The molecule has 1 saturated carbocycles. The summed E-state index contributed by atoms with van der Waals surface area (Å²) in [7, 11) is 0. The Morgan fingerprint density at radius 2 is 1.92 bits per heavy atom. The highest BCUT2D eigenvalue weighted by Gasteiger charge is 2.36. The van der Waals surface area contributed by atoms with Crippen molar-refractivity contribution in [1.29, 1.82) is 5.26 Å². The van der Waals surface area contributed by atoms with Crippen LogP contribution in [-0.4, -0.2) is 59.4 Å². The SMILES string of the molecule is CC(C(=O)NC1(C#N)CCCCC1)N1CCN(C(=O)c2ccco2)CC1. The molecule has 0 spiro atoms. The van der Waals surface area contributed by atoms with Crippen LogP contribution in [0.4, 0.5) is 0 Å². The van der Waals surface area contributed by atoms with Gasteiger partial charge in [-0.1, -0.05) is 19.3 Å². The molecule has 7 nitrogen and oxygen atoms in total. The lowest BCUT2D eigenvalue weighted by atomic mass is 9.82. The number of nitrogens with zero attached hydrogens (tertiary/aromatic N) is 3. The first kappa shape index (κ1) is 18.5. The quantitative estimate of drug-likeness (QED) is 0.886. The maximum atomic E-state index is 12.7. The van der Waals surface area contributed by atoms with E-state index in [1.807, 2.05) is 6.92 Å². The van der Waals surface area contributed by atoms with Crippen LogP contribution in [0.15, 0.2) is 22.8 Å². The van der Waals surface area contributed by atoms with Gasteiger partial charge in [0.1, 0.15) is 5.54 Å². The van der Waals surface area contributed by atoms with E-state index in [0.29, 0.717) is 31.9 Å². The smallest absolute Gasteiger partial charge is 0.289 e. The van der Waals surface area contributed by atoms with E-state index >= 15 is 0 Å². The van der Waals surface area contributed by atoms with Crippen molar-refractivity contribution in [3.63, 3.8) is 0 Å². The number of nitrogens with one attached hydrogen (secondary N) is 1. The van der Waals surface area contributed by atoms with Crippen LogP contribution in [0.1, 0.15) is 49.6 Å². The zero-order chi connectivity index (χ0) is 18.6. The minimum Gasteiger partial charge on any atom is -0.459 e. The highest BCUT2D eigenvalue weighted by atomic mass is 16.3. The van der Waals surface area contributed by atoms with Crippen molar-refractivity contribution in [3.8, 4) is 6.07 Å². The van der Waals surface area contributed by atoms with Gasteiger partial charge in [0.15, 0.2) is 5.76 Å². The molecule has 0 radical (unpaired) electrons. The Kier molecular flexibility index (Phi) is 5.62. The number of rotatable bonds is 4. The van der Waals surface area contributed by atoms with Crippen molar-refractivity contribution in [1.82, 2.24) is 15.1 Å². The van der Waals surface area contributed by atoms with Gasteiger partial charge in [0, 0.05) is 26.2 Å².